The number of pyridine rings is 2. The lowest BCUT2D eigenvalue weighted by atomic mass is 10.0. The molecule has 1 aromatic carbocycles. The first-order valence-electron chi connectivity index (χ1n) is 9.54. The molecule has 4 nitrogen and oxygen atoms in total. The first-order valence-corrected chi connectivity index (χ1v) is 9.92. The molecule has 138 valence electrons. The van der Waals surface area contributed by atoms with Crippen molar-refractivity contribution in [3.63, 3.8) is 0 Å². The van der Waals surface area contributed by atoms with Crippen LogP contribution in [0.3, 0.4) is 0 Å². The van der Waals surface area contributed by atoms with Crippen molar-refractivity contribution in [1.82, 2.24) is 15.3 Å². The molecular formula is C22H22ClN3O. The number of halogens is 1. The molecule has 1 aliphatic carbocycles. The van der Waals surface area contributed by atoms with Crippen LogP contribution in [-0.4, -0.2) is 21.9 Å². The summed E-state index contributed by atoms with van der Waals surface area (Å²) in [7, 11) is 0. The summed E-state index contributed by atoms with van der Waals surface area (Å²) in [5.41, 5.74) is 2.62. The molecule has 0 bridgehead atoms. The van der Waals surface area contributed by atoms with Gasteiger partial charge in [-0.1, -0.05) is 55.5 Å². The van der Waals surface area contributed by atoms with Crippen LogP contribution in [0.25, 0.3) is 22.3 Å². The number of hydrogen-bond acceptors (Lipinski definition) is 3. The SMILES string of the molecule is O=C(NC1CCCCCC1)c1cc(-c2ccccn2)nc2c(Cl)cccc12. The molecular weight excluding hydrogens is 358 g/mol. The zero-order chi connectivity index (χ0) is 18.6. The minimum Gasteiger partial charge on any atom is -0.349 e. The molecule has 4 rings (SSSR count). The van der Waals surface area contributed by atoms with Crippen molar-refractivity contribution in [2.45, 2.75) is 44.6 Å². The number of nitrogens with one attached hydrogen (secondary N) is 1. The Morgan fingerprint density at radius 2 is 1.81 bits per heavy atom. The molecule has 27 heavy (non-hydrogen) atoms. The van der Waals surface area contributed by atoms with Gasteiger partial charge in [-0.05, 0) is 37.1 Å². The fourth-order valence-corrected chi connectivity index (χ4v) is 3.95. The molecule has 1 amide bonds. The Labute approximate surface area is 164 Å². The second-order valence-electron chi connectivity index (χ2n) is 7.07. The van der Waals surface area contributed by atoms with E-state index in [4.69, 9.17) is 11.6 Å². The smallest absolute Gasteiger partial charge is 0.252 e. The fraction of sp³-hybridized carbons (Fsp3) is 0.318. The zero-order valence-electron chi connectivity index (χ0n) is 15.1. The molecule has 1 aliphatic rings. The van der Waals surface area contributed by atoms with Crippen molar-refractivity contribution in [3.8, 4) is 11.4 Å². The van der Waals surface area contributed by atoms with Crippen molar-refractivity contribution in [2.75, 3.05) is 0 Å². The number of hydrogen-bond donors (Lipinski definition) is 1. The average molecular weight is 380 g/mol. The van der Waals surface area contributed by atoms with E-state index >= 15 is 0 Å². The van der Waals surface area contributed by atoms with Crippen molar-refractivity contribution >= 4 is 28.4 Å². The summed E-state index contributed by atoms with van der Waals surface area (Å²) in [6, 6.07) is 13.3. The summed E-state index contributed by atoms with van der Waals surface area (Å²) < 4.78 is 0. The van der Waals surface area contributed by atoms with Crippen molar-refractivity contribution in [1.29, 1.82) is 0 Å². The average Bonchev–Trinajstić information content (AvgIpc) is 2.97. The van der Waals surface area contributed by atoms with Crippen LogP contribution < -0.4 is 5.32 Å². The summed E-state index contributed by atoms with van der Waals surface area (Å²) >= 11 is 6.39. The van der Waals surface area contributed by atoms with Crippen molar-refractivity contribution < 1.29 is 4.79 Å². The highest BCUT2D eigenvalue weighted by Gasteiger charge is 2.20. The van der Waals surface area contributed by atoms with Crippen molar-refractivity contribution in [2.24, 2.45) is 0 Å². The number of benzene rings is 1. The van der Waals surface area contributed by atoms with E-state index in [1.54, 1.807) is 12.3 Å². The van der Waals surface area contributed by atoms with Gasteiger partial charge in [0.1, 0.15) is 0 Å². The molecule has 2 heterocycles. The number of amides is 1. The van der Waals surface area contributed by atoms with Gasteiger partial charge >= 0.3 is 0 Å². The maximum Gasteiger partial charge on any atom is 0.252 e. The van der Waals surface area contributed by atoms with Gasteiger partial charge < -0.3 is 5.32 Å². The molecule has 1 saturated carbocycles. The van der Waals surface area contributed by atoms with E-state index in [2.05, 4.69) is 15.3 Å². The van der Waals surface area contributed by atoms with Gasteiger partial charge in [-0.15, -0.1) is 0 Å². The number of carbonyl (C=O) groups excluding carboxylic acids is 1. The first-order chi connectivity index (χ1) is 13.2. The lowest BCUT2D eigenvalue weighted by Gasteiger charge is -2.17. The summed E-state index contributed by atoms with van der Waals surface area (Å²) in [4.78, 5) is 22.2. The minimum absolute atomic E-state index is 0.0613. The topological polar surface area (TPSA) is 54.9 Å². The van der Waals surface area contributed by atoms with Gasteiger partial charge in [0.15, 0.2) is 0 Å². The van der Waals surface area contributed by atoms with Crippen LogP contribution in [-0.2, 0) is 0 Å². The third-order valence-electron chi connectivity index (χ3n) is 5.15. The molecule has 2 aromatic heterocycles. The molecule has 0 saturated heterocycles. The molecule has 0 radical (unpaired) electrons. The Morgan fingerprint density at radius 3 is 2.56 bits per heavy atom. The molecule has 5 heteroatoms. The van der Waals surface area contributed by atoms with Gasteiger partial charge in [-0.3, -0.25) is 9.78 Å². The Balaban J connectivity index is 1.76. The van der Waals surface area contributed by atoms with Crippen LogP contribution in [0.1, 0.15) is 48.9 Å². The number of carbonyl (C=O) groups is 1. The Kier molecular flexibility index (Phi) is 5.35. The van der Waals surface area contributed by atoms with Gasteiger partial charge in [0.25, 0.3) is 5.91 Å². The molecule has 0 spiro atoms. The maximum absolute atomic E-state index is 13.1. The standard InChI is InChI=1S/C22H22ClN3O/c23-18-11-7-10-16-17(22(27)25-15-8-3-1-2-4-9-15)14-20(26-21(16)18)19-12-5-6-13-24-19/h5-7,10-15H,1-4,8-9H2,(H,25,27). The van der Waals surface area contributed by atoms with E-state index < -0.39 is 0 Å². The maximum atomic E-state index is 13.1. The monoisotopic (exact) mass is 379 g/mol. The van der Waals surface area contributed by atoms with E-state index in [0.29, 0.717) is 21.8 Å². The van der Waals surface area contributed by atoms with Gasteiger partial charge in [-0.25, -0.2) is 4.98 Å². The van der Waals surface area contributed by atoms with Crippen molar-refractivity contribution in [3.05, 3.63) is 59.2 Å². The largest absolute Gasteiger partial charge is 0.349 e. The van der Waals surface area contributed by atoms with Gasteiger partial charge in [0, 0.05) is 17.6 Å². The van der Waals surface area contributed by atoms with Gasteiger partial charge in [0.05, 0.1) is 27.5 Å². The second kappa shape index (κ2) is 8.05. The molecule has 0 aliphatic heterocycles. The normalized spacial score (nSPS) is 15.4. The van der Waals surface area contributed by atoms with Crippen LogP contribution in [0.15, 0.2) is 48.7 Å². The predicted octanol–water partition coefficient (Wildman–Crippen LogP) is 5.40. The lowest BCUT2D eigenvalue weighted by Crippen LogP contribution is -2.34. The molecule has 3 aromatic rings. The summed E-state index contributed by atoms with van der Waals surface area (Å²) in [6.45, 7) is 0. The predicted molar refractivity (Wildman–Crippen MR) is 109 cm³/mol. The summed E-state index contributed by atoms with van der Waals surface area (Å²) in [5.74, 6) is -0.0613. The third kappa shape index (κ3) is 3.96. The van der Waals surface area contributed by atoms with Crippen LogP contribution >= 0.6 is 11.6 Å². The number of aromatic nitrogens is 2. The Bertz CT molecular complexity index is 950. The lowest BCUT2D eigenvalue weighted by molar-refractivity contribution is 0.0935. The number of rotatable bonds is 3. The summed E-state index contributed by atoms with van der Waals surface area (Å²) in [5, 5.41) is 4.54. The van der Waals surface area contributed by atoms with E-state index in [1.807, 2.05) is 36.4 Å². The number of nitrogens with zero attached hydrogens (tertiary/aromatic N) is 2. The minimum atomic E-state index is -0.0613. The molecule has 1 N–H and O–H groups in total. The van der Waals surface area contributed by atoms with Gasteiger partial charge in [-0.2, -0.15) is 0 Å². The van der Waals surface area contributed by atoms with Crippen LogP contribution in [0.2, 0.25) is 5.02 Å². The summed E-state index contributed by atoms with van der Waals surface area (Å²) in [6.07, 6.45) is 8.67. The van der Waals surface area contributed by atoms with E-state index in [0.717, 1.165) is 23.9 Å². The highest BCUT2D eigenvalue weighted by atomic mass is 35.5. The van der Waals surface area contributed by atoms with Crippen LogP contribution in [0.4, 0.5) is 0 Å². The fourth-order valence-electron chi connectivity index (χ4n) is 3.73. The quantitative estimate of drug-likeness (QED) is 0.619. The number of para-hydroxylation sites is 1. The molecule has 1 fully saturated rings. The molecule has 0 unspecified atom stereocenters. The van der Waals surface area contributed by atoms with Crippen LogP contribution in [0.5, 0.6) is 0 Å². The third-order valence-corrected chi connectivity index (χ3v) is 5.46. The molecule has 0 atom stereocenters. The highest BCUT2D eigenvalue weighted by Crippen LogP contribution is 2.29. The van der Waals surface area contributed by atoms with Crippen LogP contribution in [0, 0.1) is 0 Å². The Hall–Kier alpha value is -2.46. The highest BCUT2D eigenvalue weighted by molar-refractivity contribution is 6.35. The van der Waals surface area contributed by atoms with E-state index in [-0.39, 0.29) is 11.9 Å². The Morgan fingerprint density at radius 1 is 1.00 bits per heavy atom. The zero-order valence-corrected chi connectivity index (χ0v) is 15.9. The van der Waals surface area contributed by atoms with Gasteiger partial charge in [0.2, 0.25) is 0 Å². The first kappa shape index (κ1) is 17.9. The number of fused-ring (bicyclic) bond motifs is 1. The van der Waals surface area contributed by atoms with E-state index in [1.165, 1.54) is 25.7 Å². The second-order valence-corrected chi connectivity index (χ2v) is 7.48. The van der Waals surface area contributed by atoms with E-state index in [9.17, 15) is 4.79 Å².